The van der Waals surface area contributed by atoms with E-state index in [0.29, 0.717) is 0 Å². The Morgan fingerprint density at radius 2 is 2.06 bits per heavy atom. The smallest absolute Gasteiger partial charge is 0.0537 e. The third-order valence-electron chi connectivity index (χ3n) is 4.20. The zero-order valence-electron chi connectivity index (χ0n) is 10.1. The Hall–Kier alpha value is -0.870. The normalized spacial score (nSPS) is 29.9. The highest BCUT2D eigenvalue weighted by Crippen LogP contribution is 2.27. The zero-order chi connectivity index (χ0) is 11.1. The first-order chi connectivity index (χ1) is 7.74. The van der Waals surface area contributed by atoms with E-state index >= 15 is 0 Å². The van der Waals surface area contributed by atoms with Crippen LogP contribution in [0.3, 0.4) is 0 Å². The molecule has 2 fully saturated rings. The Bertz CT molecular complexity index is 372. The first-order valence-corrected chi connectivity index (χ1v) is 6.14. The van der Waals surface area contributed by atoms with E-state index in [1.54, 1.807) is 0 Å². The summed E-state index contributed by atoms with van der Waals surface area (Å²) in [5, 5.41) is 7.79. The van der Waals surface area contributed by atoms with E-state index in [4.69, 9.17) is 0 Å². The second kappa shape index (κ2) is 3.86. The summed E-state index contributed by atoms with van der Waals surface area (Å²) in [7, 11) is 2.02. The summed E-state index contributed by atoms with van der Waals surface area (Å²) >= 11 is 0. The maximum absolute atomic E-state index is 4.31. The van der Waals surface area contributed by atoms with E-state index < -0.39 is 0 Å². The van der Waals surface area contributed by atoms with Crippen molar-refractivity contribution < 1.29 is 0 Å². The summed E-state index contributed by atoms with van der Waals surface area (Å²) < 4.78 is 1.97. The molecule has 16 heavy (non-hydrogen) atoms. The van der Waals surface area contributed by atoms with Gasteiger partial charge in [0.05, 0.1) is 6.20 Å². The zero-order valence-corrected chi connectivity index (χ0v) is 10.1. The topological polar surface area (TPSA) is 33.1 Å². The van der Waals surface area contributed by atoms with E-state index in [0.717, 1.165) is 18.4 Å². The van der Waals surface area contributed by atoms with Crippen molar-refractivity contribution in [2.45, 2.75) is 13.5 Å². The lowest BCUT2D eigenvalue weighted by atomic mass is 10.0. The molecule has 2 unspecified atom stereocenters. The molecule has 0 saturated carbocycles. The van der Waals surface area contributed by atoms with Crippen LogP contribution < -0.4 is 5.32 Å². The summed E-state index contributed by atoms with van der Waals surface area (Å²) in [6.07, 6.45) is 2.02. The third kappa shape index (κ3) is 1.66. The number of fused-ring (bicyclic) bond motifs is 1. The minimum Gasteiger partial charge on any atom is -0.316 e. The molecule has 0 radical (unpaired) electrons. The van der Waals surface area contributed by atoms with Crippen molar-refractivity contribution in [3.63, 3.8) is 0 Å². The van der Waals surface area contributed by atoms with E-state index in [-0.39, 0.29) is 0 Å². The fourth-order valence-corrected chi connectivity index (χ4v) is 3.02. The van der Waals surface area contributed by atoms with Crippen LogP contribution in [0, 0.1) is 18.8 Å². The molecule has 4 heteroatoms. The van der Waals surface area contributed by atoms with Crippen LogP contribution in [-0.4, -0.2) is 40.9 Å². The average Bonchev–Trinajstić information content (AvgIpc) is 2.88. The number of rotatable bonds is 2. The lowest BCUT2D eigenvalue weighted by Crippen LogP contribution is -2.25. The van der Waals surface area contributed by atoms with Crippen molar-refractivity contribution in [3.05, 3.63) is 17.5 Å². The van der Waals surface area contributed by atoms with Gasteiger partial charge >= 0.3 is 0 Å². The van der Waals surface area contributed by atoms with Crippen LogP contribution in [0.2, 0.25) is 0 Å². The van der Waals surface area contributed by atoms with Crippen molar-refractivity contribution in [2.75, 3.05) is 26.2 Å². The SMILES string of the molecule is Cc1c(CN2CC3CNCC3C2)cnn1C. The van der Waals surface area contributed by atoms with Crippen molar-refractivity contribution in [3.8, 4) is 0 Å². The van der Waals surface area contributed by atoms with Gasteiger partial charge in [-0.1, -0.05) is 0 Å². The van der Waals surface area contributed by atoms with Gasteiger partial charge in [-0.15, -0.1) is 0 Å². The molecule has 0 bridgehead atoms. The Labute approximate surface area is 96.6 Å². The second-order valence-electron chi connectivity index (χ2n) is 5.25. The molecule has 0 aliphatic carbocycles. The number of aryl methyl sites for hydroxylation is 1. The fraction of sp³-hybridized carbons (Fsp3) is 0.750. The summed E-state index contributed by atoms with van der Waals surface area (Å²) in [5.41, 5.74) is 2.69. The first kappa shape index (κ1) is 10.3. The predicted molar refractivity (Wildman–Crippen MR) is 63.1 cm³/mol. The van der Waals surface area contributed by atoms with Crippen LogP contribution in [0.4, 0.5) is 0 Å². The van der Waals surface area contributed by atoms with Gasteiger partial charge < -0.3 is 5.32 Å². The molecule has 0 aromatic carbocycles. The molecule has 2 saturated heterocycles. The fourth-order valence-electron chi connectivity index (χ4n) is 3.02. The molecule has 2 aliphatic heterocycles. The Kier molecular flexibility index (Phi) is 2.48. The van der Waals surface area contributed by atoms with Gasteiger partial charge in [0.2, 0.25) is 0 Å². The Morgan fingerprint density at radius 1 is 1.38 bits per heavy atom. The van der Waals surface area contributed by atoms with Gasteiger partial charge in [0.25, 0.3) is 0 Å². The first-order valence-electron chi connectivity index (χ1n) is 6.14. The highest BCUT2D eigenvalue weighted by Gasteiger charge is 2.35. The highest BCUT2D eigenvalue weighted by atomic mass is 15.3. The van der Waals surface area contributed by atoms with Gasteiger partial charge in [-0.25, -0.2) is 0 Å². The summed E-state index contributed by atoms with van der Waals surface area (Å²) in [5.74, 6) is 1.77. The van der Waals surface area contributed by atoms with Crippen LogP contribution in [0.1, 0.15) is 11.3 Å². The lowest BCUT2D eigenvalue weighted by Gasteiger charge is -2.16. The van der Waals surface area contributed by atoms with E-state index in [2.05, 4.69) is 22.2 Å². The molecule has 4 nitrogen and oxygen atoms in total. The molecule has 1 aromatic heterocycles. The number of nitrogens with zero attached hydrogens (tertiary/aromatic N) is 3. The number of aromatic nitrogens is 2. The van der Waals surface area contributed by atoms with Crippen LogP contribution in [-0.2, 0) is 13.6 Å². The van der Waals surface area contributed by atoms with E-state index in [1.807, 2.05) is 17.9 Å². The number of hydrogen-bond donors (Lipinski definition) is 1. The molecule has 3 rings (SSSR count). The molecule has 1 aromatic rings. The minimum absolute atomic E-state index is 0.886. The lowest BCUT2D eigenvalue weighted by molar-refractivity contribution is 0.305. The van der Waals surface area contributed by atoms with Crippen LogP contribution >= 0.6 is 0 Å². The molecular weight excluding hydrogens is 200 g/mol. The van der Waals surface area contributed by atoms with Crippen molar-refractivity contribution in [2.24, 2.45) is 18.9 Å². The summed E-state index contributed by atoms with van der Waals surface area (Å²) in [4.78, 5) is 2.58. The standard InChI is InChI=1S/C12H20N4/c1-9-10(5-14-15(9)2)6-16-7-11-3-13-4-12(11)8-16/h5,11-13H,3-4,6-8H2,1-2H3. The van der Waals surface area contributed by atoms with Crippen molar-refractivity contribution >= 4 is 0 Å². The molecule has 0 amide bonds. The predicted octanol–water partition coefficient (Wildman–Crippen LogP) is 0.380. The van der Waals surface area contributed by atoms with Crippen LogP contribution in [0.5, 0.6) is 0 Å². The van der Waals surface area contributed by atoms with Gasteiger partial charge in [0.15, 0.2) is 0 Å². The summed E-state index contributed by atoms with van der Waals surface area (Å²) in [6, 6.07) is 0. The monoisotopic (exact) mass is 220 g/mol. The molecule has 88 valence electrons. The largest absolute Gasteiger partial charge is 0.316 e. The quantitative estimate of drug-likeness (QED) is 0.782. The summed E-state index contributed by atoms with van der Waals surface area (Å²) in [6.45, 7) is 8.17. The van der Waals surface area contributed by atoms with Crippen molar-refractivity contribution in [1.29, 1.82) is 0 Å². The molecule has 2 aliphatic rings. The van der Waals surface area contributed by atoms with Gasteiger partial charge in [0.1, 0.15) is 0 Å². The molecule has 3 heterocycles. The van der Waals surface area contributed by atoms with Crippen LogP contribution in [0.15, 0.2) is 6.20 Å². The maximum atomic E-state index is 4.31. The van der Waals surface area contributed by atoms with E-state index in [9.17, 15) is 0 Å². The Morgan fingerprint density at radius 3 is 2.62 bits per heavy atom. The average molecular weight is 220 g/mol. The number of nitrogens with one attached hydrogen (secondary N) is 1. The van der Waals surface area contributed by atoms with Gasteiger partial charge in [-0.05, 0) is 31.8 Å². The molecular formula is C12H20N4. The molecule has 1 N–H and O–H groups in total. The van der Waals surface area contributed by atoms with Gasteiger partial charge in [-0.3, -0.25) is 9.58 Å². The number of hydrogen-bond acceptors (Lipinski definition) is 3. The highest BCUT2D eigenvalue weighted by molar-refractivity contribution is 5.16. The maximum Gasteiger partial charge on any atom is 0.0537 e. The number of likely N-dealkylation sites (tertiary alicyclic amines) is 1. The van der Waals surface area contributed by atoms with Crippen LogP contribution in [0.25, 0.3) is 0 Å². The van der Waals surface area contributed by atoms with Crippen molar-refractivity contribution in [1.82, 2.24) is 20.0 Å². The molecule has 2 atom stereocenters. The van der Waals surface area contributed by atoms with Gasteiger partial charge in [0, 0.05) is 37.9 Å². The Balaban J connectivity index is 1.66. The second-order valence-corrected chi connectivity index (χ2v) is 5.25. The van der Waals surface area contributed by atoms with Gasteiger partial charge in [-0.2, -0.15) is 5.10 Å². The molecule has 0 spiro atoms. The third-order valence-corrected chi connectivity index (χ3v) is 4.20. The van der Waals surface area contributed by atoms with E-state index in [1.165, 1.54) is 37.4 Å². The minimum atomic E-state index is 0.886.